The van der Waals surface area contributed by atoms with Gasteiger partial charge in [-0.25, -0.2) is 0 Å². The van der Waals surface area contributed by atoms with Crippen LogP contribution in [0.4, 0.5) is 0 Å². The minimum absolute atomic E-state index is 0.0501. The fourth-order valence-corrected chi connectivity index (χ4v) is 3.50. The highest BCUT2D eigenvalue weighted by Crippen LogP contribution is 2.16. The smallest absolute Gasteiger partial charge is 0.224 e. The Kier molecular flexibility index (Phi) is 6.07. The summed E-state index contributed by atoms with van der Waals surface area (Å²) in [6.07, 6.45) is 2.14. The average Bonchev–Trinajstić information content (AvgIpc) is 2.63. The monoisotopic (exact) mass is 350 g/mol. The molecule has 0 saturated carbocycles. The van der Waals surface area contributed by atoms with Crippen LogP contribution in [0.1, 0.15) is 16.7 Å². The molecular weight excluding hydrogens is 328 g/mol. The predicted molar refractivity (Wildman–Crippen MR) is 106 cm³/mol. The van der Waals surface area contributed by atoms with Gasteiger partial charge in [0.2, 0.25) is 5.91 Å². The molecule has 0 aliphatic heterocycles. The molecule has 0 atom stereocenters. The first-order chi connectivity index (χ1) is 12.2. The largest absolute Gasteiger partial charge is 0.355 e. The molecule has 0 spiro atoms. The highest BCUT2D eigenvalue weighted by atomic mass is 32.2. The molecule has 1 heterocycles. The molecule has 0 bridgehead atoms. The van der Waals surface area contributed by atoms with Crippen LogP contribution in [0.15, 0.2) is 60.8 Å². The summed E-state index contributed by atoms with van der Waals surface area (Å²) in [5, 5.41) is 4.07. The minimum Gasteiger partial charge on any atom is -0.355 e. The molecule has 0 aliphatic carbocycles. The molecule has 0 unspecified atom stereocenters. The normalized spacial score (nSPS) is 10.8. The van der Waals surface area contributed by atoms with Gasteiger partial charge < -0.3 is 5.32 Å². The number of carbonyl (C=O) groups is 1. The van der Waals surface area contributed by atoms with E-state index in [1.54, 1.807) is 6.20 Å². The molecule has 4 heteroatoms. The van der Waals surface area contributed by atoms with E-state index in [4.69, 9.17) is 0 Å². The SMILES string of the molecule is Cc1ccc(CSCCNC(=O)Cc2cccc3cccnc23)cc1. The Labute approximate surface area is 152 Å². The van der Waals surface area contributed by atoms with Crippen LogP contribution in [0, 0.1) is 6.92 Å². The third-order valence-electron chi connectivity index (χ3n) is 4.03. The lowest BCUT2D eigenvalue weighted by atomic mass is 10.1. The van der Waals surface area contributed by atoms with E-state index >= 15 is 0 Å². The van der Waals surface area contributed by atoms with Gasteiger partial charge in [0.05, 0.1) is 11.9 Å². The van der Waals surface area contributed by atoms with Crippen molar-refractivity contribution in [2.75, 3.05) is 12.3 Å². The zero-order valence-electron chi connectivity index (χ0n) is 14.4. The van der Waals surface area contributed by atoms with Crippen LogP contribution < -0.4 is 5.32 Å². The van der Waals surface area contributed by atoms with E-state index in [1.807, 2.05) is 42.1 Å². The highest BCUT2D eigenvalue weighted by Gasteiger charge is 2.07. The van der Waals surface area contributed by atoms with Crippen molar-refractivity contribution in [1.82, 2.24) is 10.3 Å². The van der Waals surface area contributed by atoms with Crippen molar-refractivity contribution in [1.29, 1.82) is 0 Å². The second-order valence-electron chi connectivity index (χ2n) is 6.06. The summed E-state index contributed by atoms with van der Waals surface area (Å²) in [4.78, 5) is 16.6. The number of aromatic nitrogens is 1. The lowest BCUT2D eigenvalue weighted by Crippen LogP contribution is -2.27. The minimum atomic E-state index is 0.0501. The summed E-state index contributed by atoms with van der Waals surface area (Å²) in [5.74, 6) is 1.94. The summed E-state index contributed by atoms with van der Waals surface area (Å²) in [6, 6.07) is 18.5. The number of hydrogen-bond donors (Lipinski definition) is 1. The number of pyridine rings is 1. The summed E-state index contributed by atoms with van der Waals surface area (Å²) >= 11 is 1.84. The van der Waals surface area contributed by atoms with Crippen molar-refractivity contribution in [2.24, 2.45) is 0 Å². The fourth-order valence-electron chi connectivity index (χ4n) is 2.68. The Morgan fingerprint density at radius 2 is 1.88 bits per heavy atom. The number of para-hydroxylation sites is 1. The summed E-state index contributed by atoms with van der Waals surface area (Å²) in [6.45, 7) is 2.78. The van der Waals surface area contributed by atoms with Gasteiger partial charge in [0.25, 0.3) is 0 Å². The Balaban J connectivity index is 1.43. The van der Waals surface area contributed by atoms with E-state index in [1.165, 1.54) is 11.1 Å². The highest BCUT2D eigenvalue weighted by molar-refractivity contribution is 7.98. The predicted octanol–water partition coefficient (Wildman–Crippen LogP) is 4.14. The first-order valence-corrected chi connectivity index (χ1v) is 9.60. The number of amides is 1. The summed E-state index contributed by atoms with van der Waals surface area (Å²) < 4.78 is 0. The van der Waals surface area contributed by atoms with Crippen LogP contribution in [-0.2, 0) is 17.0 Å². The molecule has 2 aromatic carbocycles. The van der Waals surface area contributed by atoms with E-state index in [0.29, 0.717) is 13.0 Å². The Bertz CT molecular complexity index is 841. The van der Waals surface area contributed by atoms with Crippen LogP contribution in [-0.4, -0.2) is 23.2 Å². The maximum Gasteiger partial charge on any atom is 0.224 e. The van der Waals surface area contributed by atoms with Crippen molar-refractivity contribution in [3.05, 3.63) is 77.5 Å². The molecule has 1 N–H and O–H groups in total. The second kappa shape index (κ2) is 8.67. The zero-order chi connectivity index (χ0) is 17.5. The van der Waals surface area contributed by atoms with Gasteiger partial charge in [0, 0.05) is 29.6 Å². The van der Waals surface area contributed by atoms with Crippen LogP contribution in [0.3, 0.4) is 0 Å². The maximum atomic E-state index is 12.2. The fraction of sp³-hybridized carbons (Fsp3) is 0.238. The van der Waals surface area contributed by atoms with E-state index in [2.05, 4.69) is 41.5 Å². The second-order valence-corrected chi connectivity index (χ2v) is 7.16. The maximum absolute atomic E-state index is 12.2. The average molecular weight is 350 g/mol. The van der Waals surface area contributed by atoms with Crippen LogP contribution in [0.25, 0.3) is 10.9 Å². The van der Waals surface area contributed by atoms with Gasteiger partial charge in [-0.05, 0) is 24.1 Å². The number of aryl methyl sites for hydroxylation is 1. The number of fused-ring (bicyclic) bond motifs is 1. The van der Waals surface area contributed by atoms with Gasteiger partial charge >= 0.3 is 0 Å². The van der Waals surface area contributed by atoms with Gasteiger partial charge in [-0.1, -0.05) is 54.1 Å². The van der Waals surface area contributed by atoms with Crippen molar-refractivity contribution in [2.45, 2.75) is 19.1 Å². The summed E-state index contributed by atoms with van der Waals surface area (Å²) in [5.41, 5.74) is 4.49. The number of hydrogen-bond acceptors (Lipinski definition) is 3. The lowest BCUT2D eigenvalue weighted by Gasteiger charge is -2.07. The molecule has 0 radical (unpaired) electrons. The van der Waals surface area contributed by atoms with Gasteiger partial charge in [-0.2, -0.15) is 11.8 Å². The Morgan fingerprint density at radius 1 is 1.08 bits per heavy atom. The van der Waals surface area contributed by atoms with Crippen LogP contribution in [0.2, 0.25) is 0 Å². The zero-order valence-corrected chi connectivity index (χ0v) is 15.2. The third kappa shape index (κ3) is 5.07. The summed E-state index contributed by atoms with van der Waals surface area (Å²) in [7, 11) is 0. The van der Waals surface area contributed by atoms with Gasteiger partial charge in [-0.3, -0.25) is 9.78 Å². The molecule has 128 valence electrons. The molecule has 25 heavy (non-hydrogen) atoms. The van der Waals surface area contributed by atoms with Crippen molar-refractivity contribution in [3.8, 4) is 0 Å². The molecule has 3 nitrogen and oxygen atoms in total. The number of nitrogens with zero attached hydrogens (tertiary/aromatic N) is 1. The lowest BCUT2D eigenvalue weighted by molar-refractivity contribution is -0.120. The van der Waals surface area contributed by atoms with Gasteiger partial charge in [-0.15, -0.1) is 0 Å². The van der Waals surface area contributed by atoms with Gasteiger partial charge in [0.15, 0.2) is 0 Å². The number of rotatable bonds is 7. The van der Waals surface area contributed by atoms with E-state index in [0.717, 1.165) is 28.0 Å². The molecule has 0 saturated heterocycles. The Morgan fingerprint density at radius 3 is 2.72 bits per heavy atom. The first kappa shape index (κ1) is 17.5. The molecular formula is C21H22N2OS. The molecule has 0 fully saturated rings. The third-order valence-corrected chi connectivity index (χ3v) is 5.06. The van der Waals surface area contributed by atoms with E-state index in [9.17, 15) is 4.79 Å². The molecule has 3 aromatic rings. The molecule has 1 amide bonds. The van der Waals surface area contributed by atoms with Crippen molar-refractivity contribution in [3.63, 3.8) is 0 Å². The molecule has 0 aliphatic rings. The van der Waals surface area contributed by atoms with Crippen LogP contribution in [0.5, 0.6) is 0 Å². The number of benzene rings is 2. The topological polar surface area (TPSA) is 42.0 Å². The number of carbonyl (C=O) groups excluding carboxylic acids is 1. The number of thioether (sulfide) groups is 1. The van der Waals surface area contributed by atoms with Crippen molar-refractivity contribution < 1.29 is 4.79 Å². The van der Waals surface area contributed by atoms with E-state index < -0.39 is 0 Å². The molecule has 1 aromatic heterocycles. The van der Waals surface area contributed by atoms with Crippen molar-refractivity contribution >= 4 is 28.6 Å². The van der Waals surface area contributed by atoms with Gasteiger partial charge in [0.1, 0.15) is 0 Å². The quantitative estimate of drug-likeness (QED) is 0.651. The standard InChI is InChI=1S/C21H22N2OS/c1-16-7-9-17(10-8-16)15-25-13-12-22-20(24)14-19-5-2-4-18-6-3-11-23-21(18)19/h2-11H,12-15H2,1H3,(H,22,24). The van der Waals surface area contributed by atoms with E-state index in [-0.39, 0.29) is 5.91 Å². The first-order valence-electron chi connectivity index (χ1n) is 8.45. The van der Waals surface area contributed by atoms with Crippen LogP contribution >= 0.6 is 11.8 Å². The number of nitrogens with one attached hydrogen (secondary N) is 1. The molecule has 3 rings (SSSR count). The Hall–Kier alpha value is -2.33.